The number of nitrogens with zero attached hydrogens (tertiary/aromatic N) is 2. The Hall–Kier alpha value is -2.33. The third-order valence-corrected chi connectivity index (χ3v) is 3.85. The van der Waals surface area contributed by atoms with Crippen LogP contribution in [0.3, 0.4) is 0 Å². The summed E-state index contributed by atoms with van der Waals surface area (Å²) >= 11 is 5.95. The minimum absolute atomic E-state index is 0.184. The van der Waals surface area contributed by atoms with E-state index in [0.717, 1.165) is 21.9 Å². The average molecular weight is 355 g/mol. The molecule has 0 aliphatic heterocycles. The van der Waals surface area contributed by atoms with Crippen LogP contribution < -0.4 is 10.7 Å². The van der Waals surface area contributed by atoms with Gasteiger partial charge in [0.2, 0.25) is 11.0 Å². The molecule has 0 saturated heterocycles. The van der Waals surface area contributed by atoms with Gasteiger partial charge in [-0.2, -0.15) is 0 Å². The van der Waals surface area contributed by atoms with Gasteiger partial charge in [0.25, 0.3) is 0 Å². The van der Waals surface area contributed by atoms with Crippen LogP contribution in [0.25, 0.3) is 0 Å². The summed E-state index contributed by atoms with van der Waals surface area (Å²) in [7, 11) is 1.44. The highest BCUT2D eigenvalue weighted by molar-refractivity contribution is 7.73. The standard InChI is InChI=1S/C13H14FN5O2S2/c1-19(18-11(21)15-12-16-17-13(22)23-12)10(20)7-4-8-2-5-9(14)6-3-8/h2-3,5-6H,4,7H2,1H3,(H,17,22)(H2,15,16,18,21). The molecule has 7 nitrogen and oxygen atoms in total. The Kier molecular flexibility index (Phi) is 5.77. The van der Waals surface area contributed by atoms with Gasteiger partial charge in [-0.3, -0.25) is 20.2 Å². The van der Waals surface area contributed by atoms with Gasteiger partial charge in [0, 0.05) is 13.5 Å². The topological polar surface area (TPSA) is 90.1 Å². The van der Waals surface area contributed by atoms with E-state index in [2.05, 4.69) is 20.9 Å². The molecule has 0 radical (unpaired) electrons. The Bertz CT molecular complexity index is 743. The minimum atomic E-state index is -0.597. The second-order valence-corrected chi connectivity index (χ2v) is 6.23. The Morgan fingerprint density at radius 1 is 1.39 bits per heavy atom. The Balaban J connectivity index is 1.78. The van der Waals surface area contributed by atoms with E-state index >= 15 is 0 Å². The number of nitrogens with one attached hydrogen (secondary N) is 3. The van der Waals surface area contributed by atoms with E-state index in [0.29, 0.717) is 15.5 Å². The van der Waals surface area contributed by atoms with Crippen LogP contribution >= 0.6 is 23.6 Å². The SMILES string of the molecule is CN(NC(=O)Nc1n[nH]c(=S)s1)C(=O)CCc1ccc(F)cc1. The predicted octanol–water partition coefficient (Wildman–Crippen LogP) is 2.47. The number of hydrazine groups is 1. The van der Waals surface area contributed by atoms with E-state index in [1.165, 1.54) is 19.2 Å². The number of hydrogen-bond donors (Lipinski definition) is 3. The maximum atomic E-state index is 12.8. The molecule has 0 bridgehead atoms. The molecular formula is C13H14FN5O2S2. The van der Waals surface area contributed by atoms with Crippen LogP contribution in [0.1, 0.15) is 12.0 Å². The Morgan fingerprint density at radius 2 is 2.09 bits per heavy atom. The average Bonchev–Trinajstić information content (AvgIpc) is 2.91. The lowest BCUT2D eigenvalue weighted by atomic mass is 10.1. The zero-order valence-electron chi connectivity index (χ0n) is 12.1. The van der Waals surface area contributed by atoms with Gasteiger partial charge in [-0.25, -0.2) is 14.6 Å². The molecule has 2 rings (SSSR count). The number of carbonyl (C=O) groups excluding carboxylic acids is 2. The second kappa shape index (κ2) is 7.79. The van der Waals surface area contributed by atoms with Crippen molar-refractivity contribution in [2.45, 2.75) is 12.8 Å². The molecule has 0 aliphatic rings. The lowest BCUT2D eigenvalue weighted by Crippen LogP contribution is -2.45. The summed E-state index contributed by atoms with van der Waals surface area (Å²) in [4.78, 5) is 23.7. The van der Waals surface area contributed by atoms with Crippen molar-refractivity contribution < 1.29 is 14.0 Å². The van der Waals surface area contributed by atoms with Gasteiger partial charge >= 0.3 is 6.03 Å². The number of rotatable bonds is 4. The summed E-state index contributed by atoms with van der Waals surface area (Å²) in [6, 6.07) is 5.32. The number of halogens is 1. The van der Waals surface area contributed by atoms with Gasteiger partial charge < -0.3 is 0 Å². The fourth-order valence-electron chi connectivity index (χ4n) is 1.69. The van der Waals surface area contributed by atoms with Crippen LogP contribution in [-0.2, 0) is 11.2 Å². The summed E-state index contributed by atoms with van der Waals surface area (Å²) in [5, 5.41) is 10.1. The summed E-state index contributed by atoms with van der Waals surface area (Å²) < 4.78 is 13.2. The number of benzene rings is 1. The normalized spacial score (nSPS) is 10.2. The molecular weight excluding hydrogens is 341 g/mol. The minimum Gasteiger partial charge on any atom is -0.281 e. The number of aryl methyl sites for hydroxylation is 1. The van der Waals surface area contributed by atoms with Gasteiger partial charge in [0.1, 0.15) is 5.82 Å². The third-order valence-electron chi connectivity index (χ3n) is 2.84. The molecule has 1 heterocycles. The largest absolute Gasteiger partial charge is 0.339 e. The summed E-state index contributed by atoms with van der Waals surface area (Å²) in [6.45, 7) is 0. The van der Waals surface area contributed by atoms with E-state index in [4.69, 9.17) is 12.2 Å². The van der Waals surface area contributed by atoms with Crippen molar-refractivity contribution in [1.29, 1.82) is 0 Å². The highest BCUT2D eigenvalue weighted by Crippen LogP contribution is 2.10. The number of aromatic nitrogens is 2. The van der Waals surface area contributed by atoms with Crippen molar-refractivity contribution in [3.8, 4) is 0 Å². The number of urea groups is 1. The second-order valence-electron chi connectivity index (χ2n) is 4.56. The third kappa shape index (κ3) is 5.42. The predicted molar refractivity (Wildman–Crippen MR) is 86.9 cm³/mol. The smallest absolute Gasteiger partial charge is 0.281 e. The van der Waals surface area contributed by atoms with Crippen molar-refractivity contribution in [3.63, 3.8) is 0 Å². The summed E-state index contributed by atoms with van der Waals surface area (Å²) in [6.07, 6.45) is 0.636. The van der Waals surface area contributed by atoms with Gasteiger partial charge in [-0.1, -0.05) is 23.5 Å². The van der Waals surface area contributed by atoms with E-state index in [9.17, 15) is 14.0 Å². The van der Waals surface area contributed by atoms with Crippen LogP contribution in [0.15, 0.2) is 24.3 Å². The van der Waals surface area contributed by atoms with Crippen molar-refractivity contribution in [3.05, 3.63) is 39.6 Å². The van der Waals surface area contributed by atoms with Crippen molar-refractivity contribution in [2.24, 2.45) is 0 Å². The van der Waals surface area contributed by atoms with E-state index in [1.807, 2.05) is 0 Å². The first-order valence-electron chi connectivity index (χ1n) is 6.58. The number of aromatic amines is 1. The highest BCUT2D eigenvalue weighted by atomic mass is 32.1. The van der Waals surface area contributed by atoms with Crippen molar-refractivity contribution >= 4 is 40.6 Å². The van der Waals surface area contributed by atoms with E-state index < -0.39 is 6.03 Å². The molecule has 0 saturated carbocycles. The molecule has 0 spiro atoms. The zero-order chi connectivity index (χ0) is 16.8. The van der Waals surface area contributed by atoms with E-state index in [1.54, 1.807) is 12.1 Å². The number of H-pyrrole nitrogens is 1. The first-order valence-corrected chi connectivity index (χ1v) is 7.80. The van der Waals surface area contributed by atoms with Crippen LogP contribution in [0.5, 0.6) is 0 Å². The lowest BCUT2D eigenvalue weighted by Gasteiger charge is -2.18. The molecule has 0 fully saturated rings. The molecule has 10 heteroatoms. The van der Waals surface area contributed by atoms with Gasteiger partial charge in [0.15, 0.2) is 3.95 Å². The summed E-state index contributed by atoms with van der Waals surface area (Å²) in [5.74, 6) is -0.601. The van der Waals surface area contributed by atoms with Crippen LogP contribution in [0.4, 0.5) is 14.3 Å². The maximum Gasteiger partial charge on any atom is 0.339 e. The highest BCUT2D eigenvalue weighted by Gasteiger charge is 2.13. The molecule has 0 atom stereocenters. The monoisotopic (exact) mass is 355 g/mol. The van der Waals surface area contributed by atoms with Gasteiger partial charge in [-0.05, 0) is 36.3 Å². The molecule has 1 aromatic heterocycles. The quantitative estimate of drug-likeness (QED) is 0.580. The Labute approximate surface area is 140 Å². The van der Waals surface area contributed by atoms with E-state index in [-0.39, 0.29) is 18.1 Å². The van der Waals surface area contributed by atoms with Crippen LogP contribution in [-0.4, -0.2) is 34.2 Å². The lowest BCUT2D eigenvalue weighted by molar-refractivity contribution is -0.131. The maximum absolute atomic E-state index is 12.8. The number of carbonyl (C=O) groups is 2. The Morgan fingerprint density at radius 3 is 2.70 bits per heavy atom. The molecule has 2 aromatic rings. The molecule has 1 aromatic carbocycles. The number of hydrogen-bond acceptors (Lipinski definition) is 5. The number of amides is 3. The van der Waals surface area contributed by atoms with Gasteiger partial charge in [0.05, 0.1) is 0 Å². The van der Waals surface area contributed by atoms with Crippen molar-refractivity contribution in [2.75, 3.05) is 12.4 Å². The number of anilines is 1. The molecule has 23 heavy (non-hydrogen) atoms. The summed E-state index contributed by atoms with van der Waals surface area (Å²) in [5.41, 5.74) is 3.22. The fourth-order valence-corrected chi connectivity index (χ4v) is 2.48. The first kappa shape index (κ1) is 17.0. The zero-order valence-corrected chi connectivity index (χ0v) is 13.8. The molecule has 3 N–H and O–H groups in total. The van der Waals surface area contributed by atoms with Gasteiger partial charge in [-0.15, -0.1) is 5.10 Å². The molecule has 3 amide bonds. The first-order chi connectivity index (χ1) is 10.9. The van der Waals surface area contributed by atoms with Crippen LogP contribution in [0, 0.1) is 9.77 Å². The molecule has 122 valence electrons. The van der Waals surface area contributed by atoms with Crippen LogP contribution in [0.2, 0.25) is 0 Å². The molecule has 0 unspecified atom stereocenters. The molecule has 0 aliphatic carbocycles. The van der Waals surface area contributed by atoms with Crippen molar-refractivity contribution in [1.82, 2.24) is 20.6 Å². The fraction of sp³-hybridized carbons (Fsp3) is 0.231.